The number of carbonyl (C=O) groups excluding carboxylic acids is 3. The highest BCUT2D eigenvalue weighted by Gasteiger charge is 2.23. The molecule has 4 rings (SSSR count). The topological polar surface area (TPSA) is 69.7 Å². The van der Waals surface area contributed by atoms with Crippen molar-refractivity contribution in [3.05, 3.63) is 57.3 Å². The standard InChI is InChI=1S/C23H27N3O3S/c27-21(16-24-22(28)20-15-18-9-4-5-10-19(18)30-20)25-11-6-12-26(14-13-25)23(29)17-7-2-1-3-8-17/h1-3,7-8,15H,4-6,9-14,16H2,(H,24,28). The van der Waals surface area contributed by atoms with Crippen molar-refractivity contribution in [2.75, 3.05) is 32.7 Å². The van der Waals surface area contributed by atoms with Gasteiger partial charge >= 0.3 is 0 Å². The van der Waals surface area contributed by atoms with Gasteiger partial charge in [-0.25, -0.2) is 0 Å². The van der Waals surface area contributed by atoms with Crippen LogP contribution in [0.3, 0.4) is 0 Å². The molecule has 0 radical (unpaired) electrons. The maximum absolute atomic E-state index is 12.7. The van der Waals surface area contributed by atoms with Crippen LogP contribution in [-0.4, -0.2) is 60.2 Å². The first-order valence-corrected chi connectivity index (χ1v) is 11.5. The molecule has 1 fully saturated rings. The van der Waals surface area contributed by atoms with E-state index >= 15 is 0 Å². The van der Waals surface area contributed by atoms with E-state index in [0.717, 1.165) is 19.3 Å². The van der Waals surface area contributed by atoms with Crippen LogP contribution in [-0.2, 0) is 17.6 Å². The summed E-state index contributed by atoms with van der Waals surface area (Å²) in [5.74, 6) is -0.267. The van der Waals surface area contributed by atoms with Gasteiger partial charge in [0.05, 0.1) is 11.4 Å². The van der Waals surface area contributed by atoms with Crippen molar-refractivity contribution in [3.63, 3.8) is 0 Å². The number of carbonyl (C=O) groups is 3. The molecular formula is C23H27N3O3S. The second kappa shape index (κ2) is 9.43. The molecule has 1 aliphatic heterocycles. The van der Waals surface area contributed by atoms with Gasteiger partial charge in [0, 0.05) is 36.6 Å². The number of thiophene rings is 1. The van der Waals surface area contributed by atoms with Crippen molar-refractivity contribution in [1.29, 1.82) is 0 Å². The minimum absolute atomic E-state index is 0.000126. The minimum atomic E-state index is -0.168. The molecule has 3 amide bonds. The Morgan fingerprint density at radius 2 is 1.63 bits per heavy atom. The Balaban J connectivity index is 1.28. The van der Waals surface area contributed by atoms with Gasteiger partial charge in [0.25, 0.3) is 11.8 Å². The Bertz CT molecular complexity index is 902. The minimum Gasteiger partial charge on any atom is -0.342 e. The first-order chi connectivity index (χ1) is 14.6. The lowest BCUT2D eigenvalue weighted by atomic mass is 9.99. The van der Waals surface area contributed by atoms with Crippen LogP contribution in [0.25, 0.3) is 0 Å². The molecular weight excluding hydrogens is 398 g/mol. The Hall–Kier alpha value is -2.67. The maximum Gasteiger partial charge on any atom is 0.261 e. The highest BCUT2D eigenvalue weighted by atomic mass is 32.1. The third kappa shape index (κ3) is 4.73. The summed E-state index contributed by atoms with van der Waals surface area (Å²) in [5.41, 5.74) is 1.96. The molecule has 0 saturated carbocycles. The van der Waals surface area contributed by atoms with Crippen LogP contribution < -0.4 is 5.32 Å². The number of nitrogens with one attached hydrogen (secondary N) is 1. The van der Waals surface area contributed by atoms with Gasteiger partial charge < -0.3 is 15.1 Å². The fourth-order valence-electron chi connectivity index (χ4n) is 4.09. The van der Waals surface area contributed by atoms with Crippen LogP contribution >= 0.6 is 11.3 Å². The van der Waals surface area contributed by atoms with Crippen molar-refractivity contribution in [1.82, 2.24) is 15.1 Å². The van der Waals surface area contributed by atoms with Crippen molar-refractivity contribution in [3.8, 4) is 0 Å². The second-order valence-electron chi connectivity index (χ2n) is 7.84. The summed E-state index contributed by atoms with van der Waals surface area (Å²) in [6, 6.07) is 11.2. The number of hydrogen-bond acceptors (Lipinski definition) is 4. The van der Waals surface area contributed by atoms with Gasteiger partial charge in [-0.2, -0.15) is 0 Å². The monoisotopic (exact) mass is 425 g/mol. The Labute approximate surface area is 180 Å². The molecule has 6 nitrogen and oxygen atoms in total. The molecule has 0 bridgehead atoms. The lowest BCUT2D eigenvalue weighted by Crippen LogP contribution is -2.42. The zero-order valence-electron chi connectivity index (χ0n) is 17.1. The Morgan fingerprint density at radius 3 is 2.43 bits per heavy atom. The third-order valence-electron chi connectivity index (χ3n) is 5.78. The smallest absolute Gasteiger partial charge is 0.261 e. The molecule has 1 aromatic heterocycles. The highest BCUT2D eigenvalue weighted by Crippen LogP contribution is 2.29. The number of nitrogens with zero attached hydrogens (tertiary/aromatic N) is 2. The predicted octanol–water partition coefficient (Wildman–Crippen LogP) is 2.73. The molecule has 2 aliphatic rings. The number of rotatable bonds is 4. The molecule has 158 valence electrons. The molecule has 1 aliphatic carbocycles. The summed E-state index contributed by atoms with van der Waals surface area (Å²) in [6.45, 7) is 2.21. The molecule has 1 aromatic carbocycles. The van der Waals surface area contributed by atoms with E-state index in [1.165, 1.54) is 23.3 Å². The van der Waals surface area contributed by atoms with Gasteiger partial charge in [0.2, 0.25) is 5.91 Å². The molecule has 7 heteroatoms. The average Bonchev–Trinajstić information content (AvgIpc) is 3.07. The van der Waals surface area contributed by atoms with Crippen LogP contribution in [0.4, 0.5) is 0 Å². The van der Waals surface area contributed by atoms with Crippen molar-refractivity contribution in [2.45, 2.75) is 32.1 Å². The summed E-state index contributed by atoms with van der Waals surface area (Å²) >= 11 is 1.55. The molecule has 0 atom stereocenters. The quantitative estimate of drug-likeness (QED) is 0.819. The number of amides is 3. The lowest BCUT2D eigenvalue weighted by molar-refractivity contribution is -0.129. The highest BCUT2D eigenvalue weighted by molar-refractivity contribution is 7.14. The summed E-state index contributed by atoms with van der Waals surface area (Å²) < 4.78 is 0. The van der Waals surface area contributed by atoms with E-state index < -0.39 is 0 Å². The largest absolute Gasteiger partial charge is 0.342 e. The van der Waals surface area contributed by atoms with Gasteiger partial charge in [0.1, 0.15) is 0 Å². The lowest BCUT2D eigenvalue weighted by Gasteiger charge is -2.22. The fraction of sp³-hybridized carbons (Fsp3) is 0.435. The number of fused-ring (bicyclic) bond motifs is 1. The SMILES string of the molecule is O=C(NCC(=O)N1CCCN(C(=O)c2ccccc2)CC1)c1cc2c(s1)CCCC2. The van der Waals surface area contributed by atoms with Crippen LogP contribution in [0.5, 0.6) is 0 Å². The van der Waals surface area contributed by atoms with E-state index in [4.69, 9.17) is 0 Å². The Morgan fingerprint density at radius 1 is 0.900 bits per heavy atom. The van der Waals surface area contributed by atoms with Crippen LogP contribution in [0.15, 0.2) is 36.4 Å². The van der Waals surface area contributed by atoms with Gasteiger partial charge in [-0.15, -0.1) is 11.3 Å². The van der Waals surface area contributed by atoms with E-state index in [1.807, 2.05) is 36.4 Å². The summed E-state index contributed by atoms with van der Waals surface area (Å²) in [5, 5.41) is 2.79. The summed E-state index contributed by atoms with van der Waals surface area (Å²) in [6.07, 6.45) is 5.20. The van der Waals surface area contributed by atoms with Gasteiger partial charge in [-0.1, -0.05) is 18.2 Å². The zero-order valence-corrected chi connectivity index (χ0v) is 17.9. The Kier molecular flexibility index (Phi) is 6.47. The third-order valence-corrected chi connectivity index (χ3v) is 7.01. The molecule has 1 saturated heterocycles. The second-order valence-corrected chi connectivity index (χ2v) is 8.98. The first-order valence-electron chi connectivity index (χ1n) is 10.6. The van der Waals surface area contributed by atoms with Crippen LogP contribution in [0, 0.1) is 0 Å². The van der Waals surface area contributed by atoms with Gasteiger partial charge in [0.15, 0.2) is 0 Å². The van der Waals surface area contributed by atoms with Gasteiger partial charge in [-0.05, 0) is 55.9 Å². The van der Waals surface area contributed by atoms with Crippen molar-refractivity contribution >= 4 is 29.1 Å². The van der Waals surface area contributed by atoms with Crippen molar-refractivity contribution in [2.24, 2.45) is 0 Å². The van der Waals surface area contributed by atoms with E-state index in [-0.39, 0.29) is 24.3 Å². The maximum atomic E-state index is 12.7. The normalized spacial score (nSPS) is 16.5. The number of aryl methyl sites for hydroxylation is 2. The summed E-state index contributed by atoms with van der Waals surface area (Å²) in [7, 11) is 0. The first kappa shape index (κ1) is 20.6. The molecule has 0 spiro atoms. The average molecular weight is 426 g/mol. The van der Waals surface area contributed by atoms with Gasteiger partial charge in [-0.3, -0.25) is 14.4 Å². The molecule has 0 unspecified atom stereocenters. The van der Waals surface area contributed by atoms with E-state index in [9.17, 15) is 14.4 Å². The molecule has 2 heterocycles. The van der Waals surface area contributed by atoms with E-state index in [0.29, 0.717) is 36.6 Å². The molecule has 1 N–H and O–H groups in total. The fourth-order valence-corrected chi connectivity index (χ4v) is 5.26. The van der Waals surface area contributed by atoms with Crippen LogP contribution in [0.2, 0.25) is 0 Å². The number of benzene rings is 1. The van der Waals surface area contributed by atoms with Crippen molar-refractivity contribution < 1.29 is 14.4 Å². The zero-order chi connectivity index (χ0) is 20.9. The van der Waals surface area contributed by atoms with Crippen LogP contribution in [0.1, 0.15) is 49.7 Å². The van der Waals surface area contributed by atoms with E-state index in [2.05, 4.69) is 5.32 Å². The molecule has 30 heavy (non-hydrogen) atoms. The predicted molar refractivity (Wildman–Crippen MR) is 117 cm³/mol. The number of hydrogen-bond donors (Lipinski definition) is 1. The van der Waals surface area contributed by atoms with E-state index in [1.54, 1.807) is 21.1 Å². The summed E-state index contributed by atoms with van der Waals surface area (Å²) in [4.78, 5) is 43.3. The molecule has 2 aromatic rings.